The Morgan fingerprint density at radius 3 is 2.88 bits per heavy atom. The number of amides is 2. The number of urea groups is 1. The van der Waals surface area contributed by atoms with E-state index in [1.54, 1.807) is 12.4 Å². The molecule has 0 aliphatic carbocycles. The zero-order chi connectivity index (χ0) is 12.7. The van der Waals surface area contributed by atoms with Gasteiger partial charge in [-0.25, -0.2) is 9.78 Å². The van der Waals surface area contributed by atoms with Crippen molar-refractivity contribution in [3.63, 3.8) is 0 Å². The maximum atomic E-state index is 11.4. The number of nitrogens with one attached hydrogen (secondary N) is 2. The number of thiazole rings is 1. The molecule has 0 aliphatic rings. The number of hydrogen-bond donors (Lipinski definition) is 3. The molecule has 2 unspecified atom stereocenters. The second kappa shape index (κ2) is 7.24. The molecule has 0 saturated carbocycles. The maximum Gasteiger partial charge on any atom is 0.315 e. The van der Waals surface area contributed by atoms with Crippen LogP contribution >= 0.6 is 11.3 Å². The van der Waals surface area contributed by atoms with Crippen LogP contribution in [-0.2, 0) is 6.54 Å². The number of nitrogens with zero attached hydrogens (tertiary/aromatic N) is 1. The summed E-state index contributed by atoms with van der Waals surface area (Å²) in [4.78, 5) is 15.5. The molecule has 0 spiro atoms. The van der Waals surface area contributed by atoms with Crippen LogP contribution in [-0.4, -0.2) is 28.8 Å². The van der Waals surface area contributed by atoms with Crippen molar-refractivity contribution < 1.29 is 9.90 Å². The summed E-state index contributed by atoms with van der Waals surface area (Å²) < 4.78 is 0. The number of aliphatic hydroxyl groups excluding tert-OH is 1. The van der Waals surface area contributed by atoms with Gasteiger partial charge in [0.1, 0.15) is 0 Å². The molecular weight excluding hydrogens is 238 g/mol. The minimum absolute atomic E-state index is 0.199. The van der Waals surface area contributed by atoms with E-state index in [2.05, 4.69) is 15.6 Å². The normalized spacial score (nSPS) is 14.1. The van der Waals surface area contributed by atoms with Gasteiger partial charge in [0, 0.05) is 11.9 Å². The standard InChI is InChI=1S/C11H19N3O2S/c1-8(3-9(2)15)4-12-11(16)13-5-10-6-17-7-14-10/h6-9,15H,3-5H2,1-2H3,(H2,12,13,16). The molecule has 2 atom stereocenters. The third-order valence-electron chi connectivity index (χ3n) is 2.27. The fourth-order valence-electron chi connectivity index (χ4n) is 1.49. The van der Waals surface area contributed by atoms with Crippen molar-refractivity contribution in [2.24, 2.45) is 5.92 Å². The lowest BCUT2D eigenvalue weighted by atomic mass is 10.1. The van der Waals surface area contributed by atoms with Crippen LogP contribution in [0.2, 0.25) is 0 Å². The first-order valence-electron chi connectivity index (χ1n) is 5.64. The Bertz CT molecular complexity index is 327. The second-order valence-electron chi connectivity index (χ2n) is 4.23. The highest BCUT2D eigenvalue weighted by Gasteiger charge is 2.08. The number of rotatable bonds is 6. The van der Waals surface area contributed by atoms with Crippen LogP contribution in [0.5, 0.6) is 0 Å². The highest BCUT2D eigenvalue weighted by Crippen LogP contribution is 2.03. The van der Waals surface area contributed by atoms with E-state index in [1.165, 1.54) is 11.3 Å². The number of aliphatic hydroxyl groups is 1. The zero-order valence-electron chi connectivity index (χ0n) is 10.1. The molecule has 1 heterocycles. The van der Waals surface area contributed by atoms with Crippen molar-refractivity contribution in [2.45, 2.75) is 32.9 Å². The summed E-state index contributed by atoms with van der Waals surface area (Å²) in [6.45, 7) is 4.75. The second-order valence-corrected chi connectivity index (χ2v) is 4.95. The Kier molecular flexibility index (Phi) is 5.93. The Balaban J connectivity index is 2.13. The van der Waals surface area contributed by atoms with Crippen LogP contribution in [0, 0.1) is 5.92 Å². The van der Waals surface area contributed by atoms with Crippen molar-refractivity contribution in [2.75, 3.05) is 6.54 Å². The molecule has 0 radical (unpaired) electrons. The van der Waals surface area contributed by atoms with Crippen molar-refractivity contribution >= 4 is 17.4 Å². The first-order chi connectivity index (χ1) is 8.08. The molecule has 2 amide bonds. The predicted octanol–water partition coefficient (Wildman–Crippen LogP) is 1.35. The fourth-order valence-corrected chi connectivity index (χ4v) is 2.05. The Morgan fingerprint density at radius 2 is 2.29 bits per heavy atom. The first kappa shape index (κ1) is 13.9. The average molecular weight is 257 g/mol. The quantitative estimate of drug-likeness (QED) is 0.720. The third-order valence-corrected chi connectivity index (χ3v) is 2.90. The predicted molar refractivity (Wildman–Crippen MR) is 67.8 cm³/mol. The number of carbonyl (C=O) groups is 1. The lowest BCUT2D eigenvalue weighted by molar-refractivity contribution is 0.163. The van der Waals surface area contributed by atoms with Crippen LogP contribution in [0.1, 0.15) is 26.0 Å². The largest absolute Gasteiger partial charge is 0.393 e. The van der Waals surface area contributed by atoms with Crippen LogP contribution in [0.25, 0.3) is 0 Å². The summed E-state index contributed by atoms with van der Waals surface area (Å²) in [5.74, 6) is 0.264. The van der Waals surface area contributed by atoms with E-state index in [9.17, 15) is 9.90 Å². The monoisotopic (exact) mass is 257 g/mol. The molecule has 0 fully saturated rings. The Hall–Kier alpha value is -1.14. The van der Waals surface area contributed by atoms with E-state index >= 15 is 0 Å². The molecule has 1 rings (SSSR count). The van der Waals surface area contributed by atoms with Crippen LogP contribution in [0.15, 0.2) is 10.9 Å². The van der Waals surface area contributed by atoms with E-state index in [1.807, 2.05) is 12.3 Å². The van der Waals surface area contributed by atoms with Crippen LogP contribution in [0.3, 0.4) is 0 Å². The highest BCUT2D eigenvalue weighted by atomic mass is 32.1. The fraction of sp³-hybridized carbons (Fsp3) is 0.636. The van der Waals surface area contributed by atoms with Crippen molar-refractivity contribution in [1.82, 2.24) is 15.6 Å². The van der Waals surface area contributed by atoms with Gasteiger partial charge < -0.3 is 15.7 Å². The molecule has 0 bridgehead atoms. The molecule has 0 saturated heterocycles. The smallest absolute Gasteiger partial charge is 0.315 e. The molecule has 0 aromatic carbocycles. The average Bonchev–Trinajstić information content (AvgIpc) is 2.75. The number of aromatic nitrogens is 1. The number of hydrogen-bond acceptors (Lipinski definition) is 4. The summed E-state index contributed by atoms with van der Waals surface area (Å²) in [6, 6.07) is -0.199. The third kappa shape index (κ3) is 6.23. The van der Waals surface area contributed by atoms with Crippen LogP contribution in [0.4, 0.5) is 4.79 Å². The summed E-state index contributed by atoms with van der Waals surface area (Å²) in [5, 5.41) is 16.6. The van der Waals surface area contributed by atoms with Gasteiger partial charge in [0.25, 0.3) is 0 Å². The molecule has 5 nitrogen and oxygen atoms in total. The van der Waals surface area contributed by atoms with E-state index in [0.717, 1.165) is 5.69 Å². The highest BCUT2D eigenvalue weighted by molar-refractivity contribution is 7.07. The molecule has 1 aromatic heterocycles. The van der Waals surface area contributed by atoms with Crippen molar-refractivity contribution in [3.8, 4) is 0 Å². The van der Waals surface area contributed by atoms with Gasteiger partial charge in [0.05, 0.1) is 23.9 Å². The summed E-state index contributed by atoms with van der Waals surface area (Å²) >= 11 is 1.51. The molecule has 0 aliphatic heterocycles. The first-order valence-corrected chi connectivity index (χ1v) is 6.59. The Morgan fingerprint density at radius 1 is 1.53 bits per heavy atom. The van der Waals surface area contributed by atoms with Crippen molar-refractivity contribution in [3.05, 3.63) is 16.6 Å². The van der Waals surface area contributed by atoms with Crippen molar-refractivity contribution in [1.29, 1.82) is 0 Å². The van der Waals surface area contributed by atoms with Gasteiger partial charge in [0.2, 0.25) is 0 Å². The van der Waals surface area contributed by atoms with Gasteiger partial charge in [-0.3, -0.25) is 0 Å². The molecule has 1 aromatic rings. The van der Waals surface area contributed by atoms with Gasteiger partial charge in [0.15, 0.2) is 0 Å². The van der Waals surface area contributed by atoms with Gasteiger partial charge in [-0.15, -0.1) is 11.3 Å². The van der Waals surface area contributed by atoms with Gasteiger partial charge in [-0.2, -0.15) is 0 Å². The van der Waals surface area contributed by atoms with Crippen LogP contribution < -0.4 is 10.6 Å². The summed E-state index contributed by atoms with van der Waals surface area (Å²) in [5.41, 5.74) is 2.60. The molecular formula is C11H19N3O2S. The molecule has 17 heavy (non-hydrogen) atoms. The van der Waals surface area contributed by atoms with Gasteiger partial charge >= 0.3 is 6.03 Å². The van der Waals surface area contributed by atoms with E-state index in [-0.39, 0.29) is 18.1 Å². The van der Waals surface area contributed by atoms with Gasteiger partial charge in [-0.1, -0.05) is 6.92 Å². The van der Waals surface area contributed by atoms with Gasteiger partial charge in [-0.05, 0) is 19.3 Å². The molecule has 96 valence electrons. The minimum Gasteiger partial charge on any atom is -0.393 e. The zero-order valence-corrected chi connectivity index (χ0v) is 11.0. The molecule has 6 heteroatoms. The van der Waals surface area contributed by atoms with E-state index in [4.69, 9.17) is 0 Å². The minimum atomic E-state index is -0.329. The summed E-state index contributed by atoms with van der Waals surface area (Å²) in [6.07, 6.45) is 0.358. The molecule has 3 N–H and O–H groups in total. The number of carbonyl (C=O) groups excluding carboxylic acids is 1. The lowest BCUT2D eigenvalue weighted by Crippen LogP contribution is -2.37. The maximum absolute atomic E-state index is 11.4. The topological polar surface area (TPSA) is 74.2 Å². The van der Waals surface area contributed by atoms with E-state index < -0.39 is 0 Å². The lowest BCUT2D eigenvalue weighted by Gasteiger charge is -2.14. The van der Waals surface area contributed by atoms with E-state index in [0.29, 0.717) is 19.5 Å². The Labute approximate surface area is 105 Å². The SMILES string of the molecule is CC(O)CC(C)CNC(=O)NCc1cscn1. The summed E-state index contributed by atoms with van der Waals surface area (Å²) in [7, 11) is 0.